The molecule has 3 aromatic rings. The van der Waals surface area contributed by atoms with Gasteiger partial charge in [0.1, 0.15) is 5.75 Å². The third-order valence-electron chi connectivity index (χ3n) is 7.94. The highest BCUT2D eigenvalue weighted by molar-refractivity contribution is 5.60. The van der Waals surface area contributed by atoms with Gasteiger partial charge in [-0.1, -0.05) is 116 Å². The van der Waals surface area contributed by atoms with Crippen LogP contribution in [0.2, 0.25) is 0 Å². The Bertz CT molecular complexity index is 1220. The van der Waals surface area contributed by atoms with Gasteiger partial charge >= 0.3 is 0 Å². The van der Waals surface area contributed by atoms with Crippen molar-refractivity contribution in [2.45, 2.75) is 123 Å². The second kappa shape index (κ2) is 20.8. The first-order valence-corrected chi connectivity index (χ1v) is 16.9. The van der Waals surface area contributed by atoms with E-state index in [0.29, 0.717) is 13.2 Å². The van der Waals surface area contributed by atoms with Gasteiger partial charge in [-0.25, -0.2) is 9.37 Å². The van der Waals surface area contributed by atoms with Gasteiger partial charge < -0.3 is 9.47 Å². The summed E-state index contributed by atoms with van der Waals surface area (Å²) in [4.78, 5) is 8.07. The zero-order valence-electron chi connectivity index (χ0n) is 26.8. The lowest BCUT2D eigenvalue weighted by atomic mass is 10.1. The fraction of sp³-hybridized carbons (Fsp3) is 0.568. The zero-order chi connectivity index (χ0) is 31.4. The van der Waals surface area contributed by atoms with Crippen molar-refractivity contribution in [3.05, 3.63) is 71.4 Å². The summed E-state index contributed by atoms with van der Waals surface area (Å²) >= 11 is 0. The van der Waals surface area contributed by atoms with Crippen molar-refractivity contribution in [1.29, 1.82) is 0 Å². The van der Waals surface area contributed by atoms with E-state index in [-0.39, 0.29) is 29.1 Å². The molecule has 242 valence electrons. The lowest BCUT2D eigenvalue weighted by Crippen LogP contribution is -2.04. The van der Waals surface area contributed by atoms with Crippen LogP contribution in [0.25, 0.3) is 11.3 Å². The Morgan fingerprint density at radius 2 is 1.14 bits per heavy atom. The summed E-state index contributed by atoms with van der Waals surface area (Å²) in [5.41, 5.74) is 0.756. The maximum atomic E-state index is 14.9. The van der Waals surface area contributed by atoms with Crippen LogP contribution in [0.3, 0.4) is 0 Å². The molecule has 0 aliphatic rings. The Labute approximate surface area is 262 Å². The van der Waals surface area contributed by atoms with Gasteiger partial charge in [0.25, 0.3) is 0 Å². The SMILES string of the molecule is CCCCCCCCCCCCOc1ccc(Cc2ncc(-c3ccc(OCCCCCCCC)c(F)c3F)nc2F)cc1. The molecule has 2 aromatic carbocycles. The van der Waals surface area contributed by atoms with E-state index in [4.69, 9.17) is 9.47 Å². The minimum Gasteiger partial charge on any atom is -0.494 e. The monoisotopic (exact) mass is 612 g/mol. The quantitative estimate of drug-likeness (QED) is 0.1000. The van der Waals surface area contributed by atoms with E-state index in [1.54, 1.807) is 0 Å². The highest BCUT2D eigenvalue weighted by Gasteiger charge is 2.18. The molecule has 0 saturated carbocycles. The maximum Gasteiger partial charge on any atom is 0.235 e. The first-order chi connectivity index (χ1) is 21.5. The molecule has 3 rings (SSSR count). The number of halogens is 3. The van der Waals surface area contributed by atoms with Crippen LogP contribution in [-0.2, 0) is 6.42 Å². The molecule has 1 heterocycles. The normalized spacial score (nSPS) is 11.2. The maximum absolute atomic E-state index is 14.9. The van der Waals surface area contributed by atoms with Crippen molar-refractivity contribution in [1.82, 2.24) is 9.97 Å². The molecule has 0 aliphatic carbocycles. The van der Waals surface area contributed by atoms with Gasteiger partial charge in [0.15, 0.2) is 11.6 Å². The first-order valence-electron chi connectivity index (χ1n) is 16.9. The molecule has 7 heteroatoms. The number of benzene rings is 2. The van der Waals surface area contributed by atoms with E-state index in [1.807, 2.05) is 24.3 Å². The van der Waals surface area contributed by atoms with Gasteiger partial charge in [-0.05, 0) is 42.7 Å². The van der Waals surface area contributed by atoms with Crippen molar-refractivity contribution in [3.63, 3.8) is 0 Å². The molecule has 0 unspecified atom stereocenters. The van der Waals surface area contributed by atoms with Gasteiger partial charge in [0.05, 0.1) is 30.8 Å². The van der Waals surface area contributed by atoms with Crippen LogP contribution in [-0.4, -0.2) is 23.2 Å². The first kappa shape index (κ1) is 35.4. The smallest absolute Gasteiger partial charge is 0.235 e. The van der Waals surface area contributed by atoms with Crippen LogP contribution < -0.4 is 9.47 Å². The average Bonchev–Trinajstić information content (AvgIpc) is 3.03. The Balaban J connectivity index is 1.42. The molecular formula is C37H51F3N2O2. The molecule has 0 amide bonds. The molecule has 0 spiro atoms. The fourth-order valence-corrected chi connectivity index (χ4v) is 5.22. The van der Waals surface area contributed by atoms with E-state index in [1.165, 1.54) is 95.4 Å². The third kappa shape index (κ3) is 12.5. The van der Waals surface area contributed by atoms with E-state index < -0.39 is 17.6 Å². The fourth-order valence-electron chi connectivity index (χ4n) is 5.22. The molecule has 0 aliphatic heterocycles. The molecule has 0 radical (unpaired) electrons. The summed E-state index contributed by atoms with van der Waals surface area (Å²) in [5, 5.41) is 0. The van der Waals surface area contributed by atoms with Crippen molar-refractivity contribution in [2.24, 2.45) is 0 Å². The van der Waals surface area contributed by atoms with E-state index in [0.717, 1.165) is 37.0 Å². The van der Waals surface area contributed by atoms with Crippen LogP contribution in [0.4, 0.5) is 13.2 Å². The van der Waals surface area contributed by atoms with E-state index in [2.05, 4.69) is 23.8 Å². The molecule has 0 fully saturated rings. The molecular weight excluding hydrogens is 561 g/mol. The van der Waals surface area contributed by atoms with Crippen molar-refractivity contribution < 1.29 is 22.6 Å². The van der Waals surface area contributed by atoms with E-state index >= 15 is 0 Å². The minimum absolute atomic E-state index is 0.0687. The number of nitrogens with zero attached hydrogens (tertiary/aromatic N) is 2. The number of unbranched alkanes of at least 4 members (excludes halogenated alkanes) is 14. The molecule has 0 N–H and O–H groups in total. The lowest BCUT2D eigenvalue weighted by Gasteiger charge is -2.11. The summed E-state index contributed by atoms with van der Waals surface area (Å²) in [6.45, 7) is 5.41. The van der Waals surface area contributed by atoms with Gasteiger partial charge in [0.2, 0.25) is 11.8 Å². The molecule has 0 saturated heterocycles. The van der Waals surface area contributed by atoms with Crippen LogP contribution in [0.5, 0.6) is 11.5 Å². The van der Waals surface area contributed by atoms with Crippen LogP contribution in [0, 0.1) is 17.6 Å². The predicted molar refractivity (Wildman–Crippen MR) is 173 cm³/mol. The standard InChI is InChI=1S/C37H51F3N2O2/c1-3-5-7-9-11-12-13-14-16-17-25-43-30-21-19-29(20-22-30)27-32-37(40)42-33(28-41-32)31-23-24-34(36(39)35(31)38)44-26-18-15-10-8-6-4-2/h19-24,28H,3-18,25-27H2,1-2H3. The Morgan fingerprint density at radius 1 is 0.591 bits per heavy atom. The number of rotatable bonds is 23. The largest absolute Gasteiger partial charge is 0.494 e. The zero-order valence-corrected chi connectivity index (χ0v) is 26.8. The Kier molecular flexibility index (Phi) is 16.7. The average molecular weight is 613 g/mol. The van der Waals surface area contributed by atoms with E-state index in [9.17, 15) is 13.2 Å². The second-order valence-corrected chi connectivity index (χ2v) is 11.7. The molecule has 1 aromatic heterocycles. The topological polar surface area (TPSA) is 44.2 Å². The minimum atomic E-state index is -1.12. The van der Waals surface area contributed by atoms with Crippen LogP contribution in [0.1, 0.15) is 128 Å². The highest BCUT2D eigenvalue weighted by atomic mass is 19.2. The Hall–Kier alpha value is -3.09. The van der Waals surface area contributed by atoms with Gasteiger partial charge in [-0.2, -0.15) is 8.78 Å². The lowest BCUT2D eigenvalue weighted by molar-refractivity contribution is 0.285. The summed E-state index contributed by atoms with van der Waals surface area (Å²) in [6, 6.07) is 10.2. The molecule has 44 heavy (non-hydrogen) atoms. The second-order valence-electron chi connectivity index (χ2n) is 11.7. The number of aromatic nitrogens is 2. The van der Waals surface area contributed by atoms with Crippen molar-refractivity contribution in [2.75, 3.05) is 13.2 Å². The summed E-state index contributed by atoms with van der Waals surface area (Å²) in [5.74, 6) is -2.41. The number of hydrogen-bond donors (Lipinski definition) is 0. The summed E-state index contributed by atoms with van der Waals surface area (Å²) < 4.78 is 55.7. The Morgan fingerprint density at radius 3 is 1.70 bits per heavy atom. The van der Waals surface area contributed by atoms with Gasteiger partial charge in [-0.15, -0.1) is 0 Å². The third-order valence-corrected chi connectivity index (χ3v) is 7.94. The molecule has 0 atom stereocenters. The number of ether oxygens (including phenoxy) is 2. The molecule has 4 nitrogen and oxygen atoms in total. The van der Waals surface area contributed by atoms with Crippen molar-refractivity contribution in [3.8, 4) is 22.8 Å². The van der Waals surface area contributed by atoms with Crippen LogP contribution in [0.15, 0.2) is 42.6 Å². The predicted octanol–water partition coefficient (Wildman–Crippen LogP) is 11.2. The van der Waals surface area contributed by atoms with Gasteiger partial charge in [0, 0.05) is 12.0 Å². The molecule has 0 bridgehead atoms. The van der Waals surface area contributed by atoms with Crippen LogP contribution >= 0.6 is 0 Å². The van der Waals surface area contributed by atoms with Crippen molar-refractivity contribution >= 4 is 0 Å². The van der Waals surface area contributed by atoms with Gasteiger partial charge in [-0.3, -0.25) is 4.98 Å². The summed E-state index contributed by atoms with van der Waals surface area (Å²) in [6.07, 6.45) is 20.7. The summed E-state index contributed by atoms with van der Waals surface area (Å²) in [7, 11) is 0. The number of hydrogen-bond acceptors (Lipinski definition) is 4. The highest BCUT2D eigenvalue weighted by Crippen LogP contribution is 2.29.